The van der Waals surface area contributed by atoms with Gasteiger partial charge in [0.15, 0.2) is 15.8 Å². The van der Waals surface area contributed by atoms with Crippen molar-refractivity contribution in [1.82, 2.24) is 4.90 Å². The zero-order valence-electron chi connectivity index (χ0n) is 11.9. The number of guanidine groups is 1. The highest BCUT2D eigenvalue weighted by Gasteiger charge is 2.21. The molecule has 22 heavy (non-hydrogen) atoms. The number of hydrogen-bond donors (Lipinski definition) is 2. The highest BCUT2D eigenvalue weighted by molar-refractivity contribution is 14.0. The molecule has 1 saturated heterocycles. The van der Waals surface area contributed by atoms with Crippen LogP contribution < -0.4 is 5.73 Å². The molecule has 2 rings (SSSR count). The fourth-order valence-electron chi connectivity index (χ4n) is 1.92. The minimum absolute atomic E-state index is 0. The van der Waals surface area contributed by atoms with Gasteiger partial charge in [0, 0.05) is 13.1 Å². The molecule has 2 heterocycles. The number of ether oxygens (including phenoxy) is 1. The molecule has 0 aliphatic carbocycles. The number of hydrogen-bond acceptors (Lipinski definition) is 6. The Labute approximate surface area is 151 Å². The highest BCUT2D eigenvalue weighted by atomic mass is 127. The molecule has 1 aromatic heterocycles. The molecule has 10 heteroatoms. The number of aliphatic hydroxyl groups excluding tert-OH is 1. The second kappa shape index (κ2) is 9.01. The summed E-state index contributed by atoms with van der Waals surface area (Å²) in [6.45, 7) is 2.45. The first kappa shape index (κ1) is 19.6. The van der Waals surface area contributed by atoms with E-state index in [1.165, 1.54) is 6.07 Å². The molecule has 0 radical (unpaired) electrons. The lowest BCUT2D eigenvalue weighted by molar-refractivity contribution is 0.0673. The number of rotatable bonds is 5. The second-order valence-electron chi connectivity index (χ2n) is 4.67. The fraction of sp³-hybridized carbons (Fsp3) is 0.583. The molecule has 0 saturated carbocycles. The molecular formula is C12H20IN3O4S2. The monoisotopic (exact) mass is 461 g/mol. The highest BCUT2D eigenvalue weighted by Crippen LogP contribution is 2.18. The van der Waals surface area contributed by atoms with Crippen LogP contribution in [0.4, 0.5) is 0 Å². The molecule has 1 fully saturated rings. The van der Waals surface area contributed by atoms with E-state index < -0.39 is 15.9 Å². The molecular weight excluding hydrogens is 441 g/mol. The van der Waals surface area contributed by atoms with Crippen molar-refractivity contribution in [2.45, 2.75) is 10.3 Å². The normalized spacial score (nSPS) is 17.9. The van der Waals surface area contributed by atoms with E-state index in [-0.39, 0.29) is 40.5 Å². The predicted molar refractivity (Wildman–Crippen MR) is 96.7 cm³/mol. The van der Waals surface area contributed by atoms with Gasteiger partial charge in [-0.3, -0.25) is 4.99 Å². The van der Waals surface area contributed by atoms with Gasteiger partial charge < -0.3 is 20.5 Å². The third kappa shape index (κ3) is 5.65. The summed E-state index contributed by atoms with van der Waals surface area (Å²) in [7, 11) is -3.46. The Hall–Kier alpha value is -0.430. The Morgan fingerprint density at radius 1 is 1.50 bits per heavy atom. The first-order valence-corrected chi connectivity index (χ1v) is 9.09. The van der Waals surface area contributed by atoms with Crippen LogP contribution in [0.15, 0.2) is 26.7 Å². The Balaban J connectivity index is 0.00000242. The summed E-state index contributed by atoms with van der Waals surface area (Å²) in [5.41, 5.74) is 5.82. The molecule has 1 unspecified atom stereocenters. The van der Waals surface area contributed by atoms with Gasteiger partial charge >= 0.3 is 0 Å². The van der Waals surface area contributed by atoms with Gasteiger partial charge in [0.05, 0.1) is 31.6 Å². The van der Waals surface area contributed by atoms with E-state index in [1.807, 2.05) is 4.90 Å². The standard InChI is InChI=1S/C12H19N3O4S2.HI/c13-12(15-3-5-19-6-4-15)14-8-10(16)9-21(17,18)11-2-1-7-20-11;/h1-2,7,10,16H,3-6,8-9H2,(H2,13,14);1H. The van der Waals surface area contributed by atoms with E-state index in [4.69, 9.17) is 10.5 Å². The fourth-order valence-corrected chi connectivity index (χ4v) is 4.39. The molecule has 1 aliphatic rings. The van der Waals surface area contributed by atoms with Crippen molar-refractivity contribution < 1.29 is 18.3 Å². The summed E-state index contributed by atoms with van der Waals surface area (Å²) in [5, 5.41) is 11.5. The quantitative estimate of drug-likeness (QED) is 0.368. The van der Waals surface area contributed by atoms with Gasteiger partial charge in [-0.25, -0.2) is 8.42 Å². The Morgan fingerprint density at radius 2 is 2.18 bits per heavy atom. The zero-order valence-corrected chi connectivity index (χ0v) is 15.9. The number of thiophene rings is 1. The van der Waals surface area contributed by atoms with Crippen molar-refractivity contribution in [3.63, 3.8) is 0 Å². The van der Waals surface area contributed by atoms with E-state index >= 15 is 0 Å². The Kier molecular flexibility index (Phi) is 8.03. The van der Waals surface area contributed by atoms with Gasteiger partial charge in [-0.1, -0.05) is 6.07 Å². The van der Waals surface area contributed by atoms with Gasteiger partial charge in [0.1, 0.15) is 4.21 Å². The van der Waals surface area contributed by atoms with Crippen molar-refractivity contribution in [2.24, 2.45) is 10.7 Å². The Bertz CT molecular complexity index is 571. The number of aliphatic hydroxyl groups is 1. The smallest absolute Gasteiger partial charge is 0.191 e. The second-order valence-corrected chi connectivity index (χ2v) is 7.87. The van der Waals surface area contributed by atoms with Crippen molar-refractivity contribution in [3.8, 4) is 0 Å². The molecule has 1 aliphatic heterocycles. The van der Waals surface area contributed by atoms with Gasteiger partial charge in [-0.2, -0.15) is 0 Å². The molecule has 0 amide bonds. The van der Waals surface area contributed by atoms with E-state index in [0.717, 1.165) is 11.3 Å². The minimum Gasteiger partial charge on any atom is -0.390 e. The summed E-state index contributed by atoms with van der Waals surface area (Å²) in [5.74, 6) is -0.0428. The van der Waals surface area contributed by atoms with Crippen LogP contribution in [0.1, 0.15) is 0 Å². The largest absolute Gasteiger partial charge is 0.390 e. The van der Waals surface area contributed by atoms with Gasteiger partial charge in [-0.05, 0) is 11.4 Å². The van der Waals surface area contributed by atoms with Crippen LogP contribution in [-0.4, -0.2) is 69.1 Å². The number of sulfone groups is 1. The van der Waals surface area contributed by atoms with Crippen molar-refractivity contribution >= 4 is 51.1 Å². The number of nitrogens with two attached hydrogens (primary N) is 1. The van der Waals surface area contributed by atoms with E-state index in [2.05, 4.69) is 4.99 Å². The number of aliphatic imine (C=N–C) groups is 1. The van der Waals surface area contributed by atoms with Crippen molar-refractivity contribution in [1.29, 1.82) is 0 Å². The summed E-state index contributed by atoms with van der Waals surface area (Å²) in [6.07, 6.45) is -1.07. The third-order valence-electron chi connectivity index (χ3n) is 3.01. The molecule has 1 atom stereocenters. The maximum Gasteiger partial charge on any atom is 0.191 e. The maximum absolute atomic E-state index is 12.0. The lowest BCUT2D eigenvalue weighted by atomic mass is 10.4. The van der Waals surface area contributed by atoms with Gasteiger partial charge in [0.25, 0.3) is 0 Å². The molecule has 0 bridgehead atoms. The van der Waals surface area contributed by atoms with Crippen LogP contribution in [0.3, 0.4) is 0 Å². The lowest BCUT2D eigenvalue weighted by Crippen LogP contribution is -2.45. The molecule has 0 spiro atoms. The molecule has 3 N–H and O–H groups in total. The number of morpholine rings is 1. The molecule has 126 valence electrons. The van der Waals surface area contributed by atoms with E-state index in [0.29, 0.717) is 32.3 Å². The van der Waals surface area contributed by atoms with E-state index in [1.54, 1.807) is 11.4 Å². The summed E-state index contributed by atoms with van der Waals surface area (Å²) < 4.78 is 29.4. The van der Waals surface area contributed by atoms with Gasteiger partial charge in [-0.15, -0.1) is 35.3 Å². The number of nitrogens with zero attached hydrogens (tertiary/aromatic N) is 2. The molecule has 0 aromatic carbocycles. The van der Waals surface area contributed by atoms with Crippen LogP contribution in [0.25, 0.3) is 0 Å². The predicted octanol–water partition coefficient (Wildman–Crippen LogP) is 0.148. The van der Waals surface area contributed by atoms with Crippen LogP contribution in [0.2, 0.25) is 0 Å². The minimum atomic E-state index is -3.46. The maximum atomic E-state index is 12.0. The van der Waals surface area contributed by atoms with Crippen molar-refractivity contribution in [3.05, 3.63) is 17.5 Å². The number of halogens is 1. The summed E-state index contributed by atoms with van der Waals surface area (Å²) >= 11 is 1.14. The van der Waals surface area contributed by atoms with Crippen LogP contribution in [0, 0.1) is 0 Å². The van der Waals surface area contributed by atoms with Gasteiger partial charge in [0.2, 0.25) is 0 Å². The first-order chi connectivity index (χ1) is 9.99. The SMILES string of the molecule is I.NC(=NCC(O)CS(=O)(=O)c1cccs1)N1CCOCC1. The average Bonchev–Trinajstić information content (AvgIpc) is 3.00. The van der Waals surface area contributed by atoms with Crippen LogP contribution >= 0.6 is 35.3 Å². The zero-order chi connectivity index (χ0) is 15.3. The van der Waals surface area contributed by atoms with E-state index in [9.17, 15) is 13.5 Å². The third-order valence-corrected chi connectivity index (χ3v) is 6.30. The summed E-state index contributed by atoms with van der Waals surface area (Å²) in [4.78, 5) is 5.92. The van der Waals surface area contributed by atoms with Crippen LogP contribution in [0.5, 0.6) is 0 Å². The molecule has 7 nitrogen and oxygen atoms in total. The first-order valence-electron chi connectivity index (χ1n) is 6.56. The van der Waals surface area contributed by atoms with Crippen LogP contribution in [-0.2, 0) is 14.6 Å². The summed E-state index contributed by atoms with van der Waals surface area (Å²) in [6, 6.07) is 3.19. The lowest BCUT2D eigenvalue weighted by Gasteiger charge is -2.27. The topological polar surface area (TPSA) is 105 Å². The van der Waals surface area contributed by atoms with Crippen molar-refractivity contribution in [2.75, 3.05) is 38.6 Å². The molecule has 1 aromatic rings. The average molecular weight is 461 g/mol. The Morgan fingerprint density at radius 3 is 2.77 bits per heavy atom.